The van der Waals surface area contributed by atoms with E-state index in [0.717, 1.165) is 37.2 Å². The summed E-state index contributed by atoms with van der Waals surface area (Å²) in [5, 5.41) is 0. The number of hydrogen-bond donors (Lipinski definition) is 1. The first kappa shape index (κ1) is 7.40. The largest absolute Gasteiger partial charge is 0.397 e. The van der Waals surface area contributed by atoms with Crippen molar-refractivity contribution in [1.29, 1.82) is 0 Å². The maximum Gasteiger partial charge on any atom is 0.250 e. The molecule has 1 aromatic rings. The quantitative estimate of drug-likeness (QED) is 0.615. The lowest BCUT2D eigenvalue weighted by Crippen LogP contribution is -2.26. The van der Waals surface area contributed by atoms with Crippen LogP contribution >= 0.6 is 0 Å². The van der Waals surface area contributed by atoms with E-state index in [4.69, 9.17) is 5.73 Å². The van der Waals surface area contributed by atoms with Crippen LogP contribution in [0.4, 0.5) is 5.69 Å². The number of aromatic nitrogens is 1. The van der Waals surface area contributed by atoms with E-state index in [9.17, 15) is 4.79 Å². The highest BCUT2D eigenvalue weighted by Gasteiger charge is 2.11. The Balaban J connectivity index is 2.64. The summed E-state index contributed by atoms with van der Waals surface area (Å²) in [4.78, 5) is 11.3. The van der Waals surface area contributed by atoms with E-state index in [1.165, 1.54) is 0 Å². The molecule has 2 rings (SSSR count). The molecule has 0 radical (unpaired) electrons. The van der Waals surface area contributed by atoms with Crippen molar-refractivity contribution >= 4 is 5.69 Å². The fraction of sp³-hybridized carbons (Fsp3) is 0.444. The summed E-state index contributed by atoms with van der Waals surface area (Å²) in [7, 11) is 0. The summed E-state index contributed by atoms with van der Waals surface area (Å²) in [6, 6.07) is 3.25. The molecule has 0 saturated carbocycles. The average Bonchev–Trinajstić information content (AvgIpc) is 2.12. The van der Waals surface area contributed by atoms with E-state index in [1.54, 1.807) is 16.7 Å². The SMILES string of the molecule is Nc1ccc(=O)n2c1CCCC2. The first-order chi connectivity index (χ1) is 5.79. The van der Waals surface area contributed by atoms with Gasteiger partial charge in [-0.2, -0.15) is 0 Å². The second-order valence-electron chi connectivity index (χ2n) is 3.18. The van der Waals surface area contributed by atoms with Gasteiger partial charge in [-0.05, 0) is 25.3 Å². The zero-order chi connectivity index (χ0) is 8.55. The summed E-state index contributed by atoms with van der Waals surface area (Å²) in [6.07, 6.45) is 3.19. The number of nitrogens with two attached hydrogens (primary N) is 1. The number of rotatable bonds is 0. The summed E-state index contributed by atoms with van der Waals surface area (Å²) in [5.74, 6) is 0. The van der Waals surface area contributed by atoms with Crippen molar-refractivity contribution < 1.29 is 0 Å². The molecule has 0 spiro atoms. The molecule has 0 bridgehead atoms. The molecule has 0 amide bonds. The average molecular weight is 164 g/mol. The van der Waals surface area contributed by atoms with Crippen molar-refractivity contribution in [3.63, 3.8) is 0 Å². The minimum Gasteiger partial charge on any atom is -0.397 e. The van der Waals surface area contributed by atoms with E-state index >= 15 is 0 Å². The Morgan fingerprint density at radius 2 is 2.17 bits per heavy atom. The molecule has 2 N–H and O–H groups in total. The van der Waals surface area contributed by atoms with Crippen molar-refractivity contribution in [3.05, 3.63) is 28.2 Å². The summed E-state index contributed by atoms with van der Waals surface area (Å²) in [5.41, 5.74) is 7.61. The topological polar surface area (TPSA) is 48.0 Å². The van der Waals surface area contributed by atoms with E-state index in [1.807, 2.05) is 0 Å². The van der Waals surface area contributed by atoms with Crippen molar-refractivity contribution in [3.8, 4) is 0 Å². The lowest BCUT2D eigenvalue weighted by atomic mass is 10.1. The molecule has 2 heterocycles. The zero-order valence-electron chi connectivity index (χ0n) is 6.92. The van der Waals surface area contributed by atoms with Crippen molar-refractivity contribution in [1.82, 2.24) is 4.57 Å². The number of hydrogen-bond acceptors (Lipinski definition) is 2. The van der Waals surface area contributed by atoms with Crippen LogP contribution in [0.3, 0.4) is 0 Å². The molecule has 3 nitrogen and oxygen atoms in total. The third-order valence-electron chi connectivity index (χ3n) is 2.38. The van der Waals surface area contributed by atoms with Gasteiger partial charge in [0.1, 0.15) is 0 Å². The molecule has 0 fully saturated rings. The lowest BCUT2D eigenvalue weighted by Gasteiger charge is -2.19. The highest BCUT2D eigenvalue weighted by Crippen LogP contribution is 2.17. The van der Waals surface area contributed by atoms with Crippen LogP contribution in [0.2, 0.25) is 0 Å². The van der Waals surface area contributed by atoms with Gasteiger partial charge in [-0.1, -0.05) is 0 Å². The van der Waals surface area contributed by atoms with Gasteiger partial charge in [-0.3, -0.25) is 4.79 Å². The Hall–Kier alpha value is -1.25. The monoisotopic (exact) mass is 164 g/mol. The Morgan fingerprint density at radius 1 is 1.33 bits per heavy atom. The fourth-order valence-corrected chi connectivity index (χ4v) is 1.72. The highest BCUT2D eigenvalue weighted by atomic mass is 16.1. The van der Waals surface area contributed by atoms with Crippen LogP contribution in [0, 0.1) is 0 Å². The van der Waals surface area contributed by atoms with Crippen LogP contribution in [0.1, 0.15) is 18.5 Å². The van der Waals surface area contributed by atoms with Crippen LogP contribution < -0.4 is 11.3 Å². The maximum absolute atomic E-state index is 11.3. The Bertz CT molecular complexity index is 354. The number of pyridine rings is 1. The molecule has 0 aliphatic carbocycles. The normalized spacial score (nSPS) is 15.7. The predicted octanol–water partition coefficient (Wildman–Crippen LogP) is 0.767. The van der Waals surface area contributed by atoms with E-state index in [0.29, 0.717) is 0 Å². The number of nitrogens with zero attached hydrogens (tertiary/aromatic N) is 1. The Labute approximate surface area is 70.8 Å². The second-order valence-corrected chi connectivity index (χ2v) is 3.18. The van der Waals surface area contributed by atoms with Crippen LogP contribution in [0.5, 0.6) is 0 Å². The molecule has 3 heteroatoms. The van der Waals surface area contributed by atoms with Crippen molar-refractivity contribution in [2.45, 2.75) is 25.8 Å². The van der Waals surface area contributed by atoms with Gasteiger partial charge in [0.2, 0.25) is 0 Å². The summed E-state index contributed by atoms with van der Waals surface area (Å²) in [6.45, 7) is 0.833. The third-order valence-corrected chi connectivity index (χ3v) is 2.38. The van der Waals surface area contributed by atoms with Gasteiger partial charge < -0.3 is 10.3 Å². The number of fused-ring (bicyclic) bond motifs is 1. The minimum absolute atomic E-state index is 0.0823. The third kappa shape index (κ3) is 1.02. The van der Waals surface area contributed by atoms with Gasteiger partial charge in [0.15, 0.2) is 0 Å². The predicted molar refractivity (Wildman–Crippen MR) is 48.1 cm³/mol. The van der Waals surface area contributed by atoms with E-state index < -0.39 is 0 Å². The van der Waals surface area contributed by atoms with Crippen molar-refractivity contribution in [2.75, 3.05) is 5.73 Å². The standard InChI is InChI=1S/C9H12N2O/c10-7-4-5-9(12)11-6-2-1-3-8(7)11/h4-5H,1-3,6,10H2. The fourth-order valence-electron chi connectivity index (χ4n) is 1.72. The minimum atomic E-state index is 0.0823. The molecule has 1 aliphatic rings. The molecule has 0 saturated heterocycles. The van der Waals surface area contributed by atoms with Gasteiger partial charge in [0.25, 0.3) is 5.56 Å². The van der Waals surface area contributed by atoms with Crippen LogP contribution in [0.25, 0.3) is 0 Å². The van der Waals surface area contributed by atoms with E-state index in [2.05, 4.69) is 0 Å². The molecule has 0 atom stereocenters. The maximum atomic E-state index is 11.3. The Morgan fingerprint density at radius 3 is 2.92 bits per heavy atom. The van der Waals surface area contributed by atoms with Gasteiger partial charge in [0.05, 0.1) is 5.69 Å². The second kappa shape index (κ2) is 2.66. The van der Waals surface area contributed by atoms with Crippen LogP contribution in [-0.2, 0) is 13.0 Å². The molecule has 0 aromatic carbocycles. The zero-order valence-corrected chi connectivity index (χ0v) is 6.92. The van der Waals surface area contributed by atoms with Gasteiger partial charge in [-0.15, -0.1) is 0 Å². The number of nitrogen functional groups attached to an aromatic ring is 1. The van der Waals surface area contributed by atoms with E-state index in [-0.39, 0.29) is 5.56 Å². The van der Waals surface area contributed by atoms with Gasteiger partial charge in [-0.25, -0.2) is 0 Å². The van der Waals surface area contributed by atoms with Gasteiger partial charge in [0, 0.05) is 18.3 Å². The first-order valence-electron chi connectivity index (χ1n) is 4.27. The summed E-state index contributed by atoms with van der Waals surface area (Å²) < 4.78 is 1.79. The summed E-state index contributed by atoms with van der Waals surface area (Å²) >= 11 is 0. The van der Waals surface area contributed by atoms with Gasteiger partial charge >= 0.3 is 0 Å². The Kier molecular flexibility index (Phi) is 1.64. The smallest absolute Gasteiger partial charge is 0.250 e. The molecular formula is C9H12N2O. The molecule has 64 valence electrons. The van der Waals surface area contributed by atoms with Crippen LogP contribution in [0.15, 0.2) is 16.9 Å². The molecular weight excluding hydrogens is 152 g/mol. The van der Waals surface area contributed by atoms with Crippen LogP contribution in [-0.4, -0.2) is 4.57 Å². The molecule has 1 aromatic heterocycles. The molecule has 1 aliphatic heterocycles. The molecule has 12 heavy (non-hydrogen) atoms. The highest BCUT2D eigenvalue weighted by molar-refractivity contribution is 5.43. The molecule has 0 unspecified atom stereocenters. The van der Waals surface area contributed by atoms with Crippen molar-refractivity contribution in [2.24, 2.45) is 0 Å². The number of anilines is 1. The lowest BCUT2D eigenvalue weighted by molar-refractivity contribution is 0.515. The first-order valence-corrected chi connectivity index (χ1v) is 4.27.